The van der Waals surface area contributed by atoms with Crippen LogP contribution in [-0.2, 0) is 0 Å². The Morgan fingerprint density at radius 3 is 1.54 bits per heavy atom. The van der Waals surface area contributed by atoms with Crippen molar-refractivity contribution in [3.8, 4) is 5.69 Å². The highest BCUT2D eigenvalue weighted by Gasteiger charge is 2.44. The SMILES string of the molecule is Cc1ccc(N2c3ccc(C)cc3B3c4cc(C)ccc4N(c4ccc(C)cc4)c4cc(-n5c6ccccc6c6ccc(C7CCCCCC7)cc65)cc2c43)cc1. The molecule has 11 rings (SSSR count). The Balaban J connectivity index is 1.26. The molecule has 0 amide bonds. The molecular formula is C53H48BN3. The summed E-state index contributed by atoms with van der Waals surface area (Å²) in [5.41, 5.74) is 21.7. The fraction of sp³-hybridized carbons (Fsp3) is 0.208. The molecule has 3 nitrogen and oxygen atoms in total. The molecule has 3 heterocycles. The van der Waals surface area contributed by atoms with Gasteiger partial charge in [-0.3, -0.25) is 0 Å². The van der Waals surface area contributed by atoms with Gasteiger partial charge in [-0.05, 0) is 129 Å². The summed E-state index contributed by atoms with van der Waals surface area (Å²) in [6, 6.07) is 53.9. The van der Waals surface area contributed by atoms with Gasteiger partial charge in [0.15, 0.2) is 0 Å². The van der Waals surface area contributed by atoms with Crippen LogP contribution in [0.15, 0.2) is 140 Å². The molecule has 0 N–H and O–H groups in total. The Kier molecular flexibility index (Phi) is 8.00. The largest absolute Gasteiger partial charge is 0.311 e. The van der Waals surface area contributed by atoms with Gasteiger partial charge >= 0.3 is 0 Å². The summed E-state index contributed by atoms with van der Waals surface area (Å²) in [7, 11) is 0. The molecule has 0 radical (unpaired) electrons. The van der Waals surface area contributed by atoms with Gasteiger partial charge in [0.1, 0.15) is 0 Å². The lowest BCUT2D eigenvalue weighted by atomic mass is 9.33. The van der Waals surface area contributed by atoms with E-state index >= 15 is 0 Å². The first-order valence-electron chi connectivity index (χ1n) is 21.1. The average molecular weight is 738 g/mol. The highest BCUT2D eigenvalue weighted by molar-refractivity contribution is 7.00. The number of rotatable bonds is 4. The Morgan fingerprint density at radius 2 is 0.965 bits per heavy atom. The average Bonchev–Trinajstić information content (AvgIpc) is 3.33. The van der Waals surface area contributed by atoms with Gasteiger partial charge in [-0.1, -0.05) is 127 Å². The lowest BCUT2D eigenvalue weighted by Gasteiger charge is -2.44. The van der Waals surface area contributed by atoms with Crippen LogP contribution in [-0.4, -0.2) is 11.3 Å². The maximum absolute atomic E-state index is 2.58. The Bertz CT molecular complexity index is 2730. The maximum atomic E-state index is 2.58. The summed E-state index contributed by atoms with van der Waals surface area (Å²) < 4.78 is 2.58. The number of nitrogens with zero attached hydrogens (tertiary/aromatic N) is 3. The lowest BCUT2D eigenvalue weighted by molar-refractivity contribution is 0.593. The van der Waals surface area contributed by atoms with Gasteiger partial charge in [0, 0.05) is 44.9 Å². The van der Waals surface area contributed by atoms with Crippen molar-refractivity contribution in [3.05, 3.63) is 167 Å². The van der Waals surface area contributed by atoms with Crippen molar-refractivity contribution in [3.63, 3.8) is 0 Å². The van der Waals surface area contributed by atoms with Gasteiger partial charge in [0.2, 0.25) is 0 Å². The molecule has 0 unspecified atom stereocenters. The summed E-state index contributed by atoms with van der Waals surface area (Å²) >= 11 is 0. The van der Waals surface area contributed by atoms with Crippen LogP contribution in [0.2, 0.25) is 0 Å². The number of hydrogen-bond acceptors (Lipinski definition) is 2. The van der Waals surface area contributed by atoms with Gasteiger partial charge in [-0.2, -0.15) is 0 Å². The van der Waals surface area contributed by atoms with E-state index < -0.39 is 0 Å². The van der Waals surface area contributed by atoms with E-state index in [-0.39, 0.29) is 6.71 Å². The number of anilines is 6. The second-order valence-electron chi connectivity index (χ2n) is 17.1. The van der Waals surface area contributed by atoms with Crippen LogP contribution < -0.4 is 26.2 Å². The summed E-state index contributed by atoms with van der Waals surface area (Å²) in [6.45, 7) is 8.91. The van der Waals surface area contributed by atoms with Crippen LogP contribution in [0.1, 0.15) is 72.3 Å². The predicted octanol–water partition coefficient (Wildman–Crippen LogP) is 12.5. The van der Waals surface area contributed by atoms with E-state index in [1.807, 2.05) is 0 Å². The number of hydrogen-bond donors (Lipinski definition) is 0. The standard InChI is InChI=1S/C53H48BN3/c1-34-15-22-40(23-16-34)55-48-27-19-36(3)29-45(48)54-46-30-37(4)20-28-49(46)56(41-24-17-35(2)18-25-41)52-33-42(32-51(55)53(52)54)57-47-14-10-9-13-43(47)44-26-21-39(31-50(44)57)38-11-7-5-6-8-12-38/h9-10,13-33,38H,5-8,11-12H2,1-4H3. The molecule has 8 aromatic rings. The first kappa shape index (κ1) is 34.3. The van der Waals surface area contributed by atoms with E-state index in [0.29, 0.717) is 5.92 Å². The number of fused-ring (bicyclic) bond motifs is 7. The first-order valence-corrected chi connectivity index (χ1v) is 21.1. The van der Waals surface area contributed by atoms with Crippen molar-refractivity contribution >= 4 is 79.0 Å². The summed E-state index contributed by atoms with van der Waals surface area (Å²) in [6.07, 6.45) is 7.94. The van der Waals surface area contributed by atoms with Crippen LogP contribution >= 0.6 is 0 Å². The molecule has 4 heteroatoms. The van der Waals surface area contributed by atoms with E-state index in [4.69, 9.17) is 0 Å². The van der Waals surface area contributed by atoms with E-state index in [2.05, 4.69) is 182 Å². The van der Waals surface area contributed by atoms with Crippen molar-refractivity contribution in [1.82, 2.24) is 4.57 Å². The van der Waals surface area contributed by atoms with E-state index in [9.17, 15) is 0 Å². The second-order valence-corrected chi connectivity index (χ2v) is 17.1. The van der Waals surface area contributed by atoms with Gasteiger partial charge in [-0.15, -0.1) is 0 Å². The predicted molar refractivity (Wildman–Crippen MR) is 244 cm³/mol. The minimum Gasteiger partial charge on any atom is -0.311 e. The molecule has 1 aromatic heterocycles. The molecule has 0 atom stereocenters. The van der Waals surface area contributed by atoms with E-state index in [0.717, 1.165) is 0 Å². The molecule has 3 aliphatic rings. The van der Waals surface area contributed by atoms with E-state index in [1.165, 1.54) is 144 Å². The normalized spacial score (nSPS) is 15.1. The number of benzene rings is 7. The van der Waals surface area contributed by atoms with Gasteiger partial charge in [0.25, 0.3) is 6.71 Å². The zero-order chi connectivity index (χ0) is 38.4. The van der Waals surface area contributed by atoms with Crippen LogP contribution in [0.4, 0.5) is 34.1 Å². The number of para-hydroxylation sites is 1. The quantitative estimate of drug-likeness (QED) is 0.132. The Morgan fingerprint density at radius 1 is 0.439 bits per heavy atom. The number of aromatic nitrogens is 1. The molecule has 1 saturated carbocycles. The van der Waals surface area contributed by atoms with Crippen LogP contribution in [0.5, 0.6) is 0 Å². The molecule has 7 aromatic carbocycles. The van der Waals surface area contributed by atoms with Crippen molar-refractivity contribution in [2.24, 2.45) is 0 Å². The van der Waals surface area contributed by atoms with Crippen LogP contribution in [0, 0.1) is 27.7 Å². The van der Waals surface area contributed by atoms with Crippen molar-refractivity contribution in [2.45, 2.75) is 72.1 Å². The zero-order valence-electron chi connectivity index (χ0n) is 33.5. The van der Waals surface area contributed by atoms with Crippen LogP contribution in [0.3, 0.4) is 0 Å². The molecule has 0 spiro atoms. The van der Waals surface area contributed by atoms with Crippen molar-refractivity contribution < 1.29 is 0 Å². The molecule has 1 aliphatic carbocycles. The third kappa shape index (κ3) is 5.48. The van der Waals surface area contributed by atoms with Gasteiger partial charge < -0.3 is 14.4 Å². The molecule has 1 fully saturated rings. The molecule has 0 saturated heterocycles. The summed E-state index contributed by atoms with van der Waals surface area (Å²) in [5.74, 6) is 0.614. The zero-order valence-corrected chi connectivity index (χ0v) is 33.5. The highest BCUT2D eigenvalue weighted by atomic mass is 15.2. The smallest absolute Gasteiger partial charge is 0.252 e. The topological polar surface area (TPSA) is 11.4 Å². The summed E-state index contributed by atoms with van der Waals surface area (Å²) in [4.78, 5) is 5.10. The fourth-order valence-electron chi connectivity index (χ4n) is 10.4. The number of aryl methyl sites for hydroxylation is 4. The first-order chi connectivity index (χ1) is 27.9. The Labute approximate surface area is 337 Å². The third-order valence-electron chi connectivity index (χ3n) is 13.2. The van der Waals surface area contributed by atoms with E-state index in [1.54, 1.807) is 0 Å². The minimum absolute atomic E-state index is 0.0808. The lowest BCUT2D eigenvalue weighted by Crippen LogP contribution is -2.61. The molecular weight excluding hydrogens is 689 g/mol. The third-order valence-corrected chi connectivity index (χ3v) is 13.2. The minimum atomic E-state index is 0.0808. The van der Waals surface area contributed by atoms with Gasteiger partial charge in [-0.25, -0.2) is 0 Å². The monoisotopic (exact) mass is 737 g/mol. The molecule has 2 aliphatic heterocycles. The van der Waals surface area contributed by atoms with Crippen molar-refractivity contribution in [2.75, 3.05) is 9.80 Å². The highest BCUT2D eigenvalue weighted by Crippen LogP contribution is 2.47. The summed E-state index contributed by atoms with van der Waals surface area (Å²) in [5, 5.41) is 2.62. The second kappa shape index (κ2) is 13.3. The van der Waals surface area contributed by atoms with Gasteiger partial charge in [0.05, 0.1) is 16.7 Å². The van der Waals surface area contributed by atoms with Crippen LogP contribution in [0.25, 0.3) is 27.5 Å². The molecule has 57 heavy (non-hydrogen) atoms. The van der Waals surface area contributed by atoms with Crippen molar-refractivity contribution in [1.29, 1.82) is 0 Å². The Hall–Kier alpha value is -6.00. The fourth-order valence-corrected chi connectivity index (χ4v) is 10.4. The maximum Gasteiger partial charge on any atom is 0.252 e. The molecule has 0 bridgehead atoms. The molecule has 278 valence electrons.